The van der Waals surface area contributed by atoms with Crippen molar-refractivity contribution in [2.24, 2.45) is 0 Å². The van der Waals surface area contributed by atoms with E-state index >= 15 is 0 Å². The van der Waals surface area contributed by atoms with E-state index in [4.69, 9.17) is 19.3 Å². The quantitative estimate of drug-likeness (QED) is 0.183. The zero-order valence-corrected chi connectivity index (χ0v) is 19.9. The number of rotatable bonds is 9. The molecule has 1 N–H and O–H groups in total. The summed E-state index contributed by atoms with van der Waals surface area (Å²) in [5.41, 5.74) is 2.07. The Morgan fingerprint density at radius 3 is 1.85 bits per heavy atom. The number of esters is 2. The van der Waals surface area contributed by atoms with E-state index < -0.39 is 5.97 Å². The van der Waals surface area contributed by atoms with Crippen LogP contribution in [0.5, 0.6) is 0 Å². The number of carboxylic acid groups (broad SMARTS) is 1. The Hall–Kier alpha value is -2.45. The number of hydrogen-bond donors (Lipinski definition) is 1. The number of carboxylic acids is 1. The van der Waals surface area contributed by atoms with E-state index in [9.17, 15) is 14.4 Å². The van der Waals surface area contributed by atoms with Crippen molar-refractivity contribution in [1.29, 1.82) is 0 Å². The second-order valence-corrected chi connectivity index (χ2v) is 6.76. The van der Waals surface area contributed by atoms with Gasteiger partial charge in [0.1, 0.15) is 12.7 Å². The van der Waals surface area contributed by atoms with Gasteiger partial charge in [0.05, 0.1) is 13.2 Å². The van der Waals surface area contributed by atoms with Gasteiger partial charge in [-0.1, -0.05) is 76.1 Å². The molecule has 0 spiro atoms. The van der Waals surface area contributed by atoms with Crippen LogP contribution >= 0.6 is 0 Å². The summed E-state index contributed by atoms with van der Waals surface area (Å²) in [5.74, 6) is -1.60. The molecule has 1 unspecified atom stereocenters. The van der Waals surface area contributed by atoms with Crippen LogP contribution in [0.4, 0.5) is 0 Å². The van der Waals surface area contributed by atoms with Crippen LogP contribution < -0.4 is 0 Å². The van der Waals surface area contributed by atoms with Crippen LogP contribution in [-0.2, 0) is 28.6 Å². The number of carbonyl (C=O) groups excluding carboxylic acids is 2. The SMILES string of the molecule is C=C(C)C(=O)OCC1CO1.C=C(C)C(=O)OCCCC.C=CC(=O)O.C=Cc1ccccc1.[NaH]. The van der Waals surface area contributed by atoms with Gasteiger partial charge in [-0.05, 0) is 25.8 Å². The number of benzene rings is 1. The van der Waals surface area contributed by atoms with Gasteiger partial charge in [-0.2, -0.15) is 0 Å². The maximum atomic E-state index is 10.7. The van der Waals surface area contributed by atoms with Crippen molar-refractivity contribution in [3.63, 3.8) is 0 Å². The Bertz CT molecular complexity index is 769. The average Bonchev–Trinajstić information content (AvgIpc) is 3.63. The van der Waals surface area contributed by atoms with Gasteiger partial charge in [0.15, 0.2) is 0 Å². The van der Waals surface area contributed by atoms with Crippen molar-refractivity contribution in [3.8, 4) is 0 Å². The molecular formula is C26H37NaO7. The van der Waals surface area contributed by atoms with Crippen molar-refractivity contribution in [2.75, 3.05) is 19.8 Å². The Kier molecular flexibility index (Phi) is 25.2. The number of epoxide rings is 1. The number of hydrogen-bond acceptors (Lipinski definition) is 6. The molecule has 0 aliphatic carbocycles. The minimum absolute atomic E-state index is 0. The first kappa shape index (κ1) is 36.1. The average molecular weight is 485 g/mol. The minimum atomic E-state index is -0.981. The second kappa shape index (κ2) is 23.7. The molecule has 2 rings (SSSR count). The monoisotopic (exact) mass is 484 g/mol. The van der Waals surface area contributed by atoms with Gasteiger partial charge in [0.2, 0.25) is 0 Å². The normalized spacial score (nSPS) is 12.0. The van der Waals surface area contributed by atoms with E-state index in [-0.39, 0.29) is 47.6 Å². The molecule has 184 valence electrons. The molecule has 1 aliphatic rings. The van der Waals surface area contributed by atoms with Crippen molar-refractivity contribution >= 4 is 53.5 Å². The van der Waals surface area contributed by atoms with E-state index in [0.717, 1.165) is 18.9 Å². The van der Waals surface area contributed by atoms with Crippen molar-refractivity contribution in [3.05, 3.63) is 79.4 Å². The van der Waals surface area contributed by atoms with Crippen LogP contribution in [0.3, 0.4) is 0 Å². The molecule has 8 heteroatoms. The van der Waals surface area contributed by atoms with Gasteiger partial charge in [-0.3, -0.25) is 0 Å². The molecule has 1 saturated heterocycles. The standard InChI is InChI=1S/C8H14O2.C8H8.C7H10O3.C3H4O2.Na.H/c1-4-5-6-10-8(9)7(2)3;1-2-8-6-4-3-5-7-8;1-5(2)7(8)10-4-6-3-9-6;1-2-3(4)5;;/h2,4-6H2,1,3H3;2-7H,1H2;6H,1,3-4H2,2H3;2H,1H2,(H,4,5);;. The first-order valence-corrected chi connectivity index (χ1v) is 10.4. The molecule has 0 aromatic heterocycles. The van der Waals surface area contributed by atoms with Crippen LogP contribution in [0.1, 0.15) is 39.2 Å². The van der Waals surface area contributed by atoms with Crippen LogP contribution in [-0.4, -0.2) is 78.5 Å². The Labute approximate surface area is 225 Å². The van der Waals surface area contributed by atoms with Crippen LogP contribution in [0.25, 0.3) is 6.08 Å². The number of ether oxygens (including phenoxy) is 3. The molecular weight excluding hydrogens is 447 g/mol. The van der Waals surface area contributed by atoms with Crippen LogP contribution in [0.15, 0.2) is 73.9 Å². The van der Waals surface area contributed by atoms with Crippen LogP contribution in [0.2, 0.25) is 0 Å². The molecule has 1 aromatic rings. The molecule has 0 saturated carbocycles. The predicted octanol–water partition coefficient (Wildman–Crippen LogP) is 4.35. The third-order valence-electron chi connectivity index (χ3n) is 3.44. The third kappa shape index (κ3) is 25.8. The summed E-state index contributed by atoms with van der Waals surface area (Å²) in [5, 5.41) is 7.60. The maximum absolute atomic E-state index is 10.7. The summed E-state index contributed by atoms with van der Waals surface area (Å²) < 4.78 is 14.4. The predicted molar refractivity (Wildman–Crippen MR) is 138 cm³/mol. The molecule has 0 bridgehead atoms. The van der Waals surface area contributed by atoms with Gasteiger partial charge >= 0.3 is 47.5 Å². The molecule has 0 radical (unpaired) electrons. The molecule has 0 amide bonds. The number of unbranched alkanes of at least 4 members (excludes halogenated alkanes) is 1. The molecule has 1 fully saturated rings. The summed E-state index contributed by atoms with van der Waals surface area (Å²) in [6.45, 7) is 20.4. The first-order valence-electron chi connectivity index (χ1n) is 10.4. The summed E-state index contributed by atoms with van der Waals surface area (Å²) in [6, 6.07) is 10.0. The molecule has 1 atom stereocenters. The third-order valence-corrected chi connectivity index (χ3v) is 3.44. The Morgan fingerprint density at radius 2 is 1.53 bits per heavy atom. The zero-order valence-electron chi connectivity index (χ0n) is 19.9. The zero-order chi connectivity index (χ0) is 25.6. The van der Waals surface area contributed by atoms with E-state index in [1.54, 1.807) is 13.8 Å². The van der Waals surface area contributed by atoms with Gasteiger partial charge in [-0.15, -0.1) is 0 Å². The summed E-state index contributed by atoms with van der Waals surface area (Å²) in [7, 11) is 0. The Morgan fingerprint density at radius 1 is 1.06 bits per heavy atom. The first-order chi connectivity index (χ1) is 15.6. The van der Waals surface area contributed by atoms with E-state index in [1.807, 2.05) is 36.4 Å². The van der Waals surface area contributed by atoms with Crippen LogP contribution in [0, 0.1) is 0 Å². The van der Waals surface area contributed by atoms with E-state index in [1.165, 1.54) is 5.56 Å². The van der Waals surface area contributed by atoms with E-state index in [2.05, 4.69) is 33.2 Å². The van der Waals surface area contributed by atoms with Gasteiger partial charge in [-0.25, -0.2) is 14.4 Å². The molecule has 7 nitrogen and oxygen atoms in total. The van der Waals surface area contributed by atoms with E-state index in [0.29, 0.717) is 31.0 Å². The van der Waals surface area contributed by atoms with Crippen molar-refractivity contribution < 1.29 is 33.7 Å². The fourth-order valence-electron chi connectivity index (χ4n) is 1.48. The van der Waals surface area contributed by atoms with Crippen molar-refractivity contribution in [2.45, 2.75) is 39.7 Å². The fraction of sp³-hybridized carbons (Fsp3) is 0.346. The van der Waals surface area contributed by atoms with Gasteiger partial charge in [0.25, 0.3) is 0 Å². The summed E-state index contributed by atoms with van der Waals surface area (Å²) in [6.07, 6.45) is 4.78. The topological polar surface area (TPSA) is 102 Å². The summed E-state index contributed by atoms with van der Waals surface area (Å²) in [4.78, 5) is 30.6. The second-order valence-electron chi connectivity index (χ2n) is 6.76. The molecule has 34 heavy (non-hydrogen) atoms. The van der Waals surface area contributed by atoms with Crippen molar-refractivity contribution in [1.82, 2.24) is 0 Å². The fourth-order valence-corrected chi connectivity index (χ4v) is 1.48. The Balaban J connectivity index is -0.000000384. The molecule has 1 aliphatic heterocycles. The number of aliphatic carboxylic acids is 1. The van der Waals surface area contributed by atoms with Gasteiger partial charge in [0, 0.05) is 17.2 Å². The van der Waals surface area contributed by atoms with Gasteiger partial charge < -0.3 is 19.3 Å². The molecule has 1 aromatic carbocycles. The molecule has 1 heterocycles. The number of carbonyl (C=O) groups is 3. The summed E-state index contributed by atoms with van der Waals surface area (Å²) >= 11 is 0.